The van der Waals surface area contributed by atoms with Crippen molar-refractivity contribution >= 4 is 29.2 Å². The van der Waals surface area contributed by atoms with E-state index in [1.807, 2.05) is 0 Å². The molecule has 0 radical (unpaired) electrons. The fourth-order valence-corrected chi connectivity index (χ4v) is 1.17. The van der Waals surface area contributed by atoms with Crippen molar-refractivity contribution in [2.24, 2.45) is 0 Å². The minimum Gasteiger partial charge on any atom is -0.478 e. The minimum absolute atomic E-state index is 0.134. The zero-order valence-corrected chi connectivity index (χ0v) is 8.46. The van der Waals surface area contributed by atoms with Crippen LogP contribution in [-0.2, 0) is 4.79 Å². The molecule has 0 aromatic heterocycles. The number of benzene rings is 1. The van der Waals surface area contributed by atoms with Gasteiger partial charge in [-0.2, -0.15) is 8.78 Å². The molecule has 0 aliphatic heterocycles. The fraction of sp³-hybridized carbons (Fsp3) is 0.111. The van der Waals surface area contributed by atoms with Gasteiger partial charge in [0.1, 0.15) is 0 Å². The van der Waals surface area contributed by atoms with E-state index in [0.717, 1.165) is 12.1 Å². The third-order valence-electron chi connectivity index (χ3n) is 1.67. The van der Waals surface area contributed by atoms with Crippen molar-refractivity contribution in [1.29, 1.82) is 0 Å². The van der Waals surface area contributed by atoms with E-state index in [1.165, 1.54) is 6.07 Å². The highest BCUT2D eigenvalue weighted by molar-refractivity contribution is 6.31. The molecule has 86 valence electrons. The van der Waals surface area contributed by atoms with Crippen molar-refractivity contribution in [2.45, 2.75) is 6.43 Å². The van der Waals surface area contributed by atoms with Crippen LogP contribution in [0.3, 0.4) is 0 Å². The third-order valence-corrected chi connectivity index (χ3v) is 1.90. The first kappa shape index (κ1) is 12.4. The lowest BCUT2D eigenvalue weighted by Gasteiger charge is -2.08. The van der Waals surface area contributed by atoms with Crippen LogP contribution in [0.5, 0.6) is 0 Å². The van der Waals surface area contributed by atoms with E-state index in [9.17, 15) is 18.4 Å². The lowest BCUT2D eigenvalue weighted by atomic mass is 10.2. The zero-order valence-electron chi connectivity index (χ0n) is 7.71. The number of halogens is 3. The van der Waals surface area contributed by atoms with Crippen LogP contribution in [0.2, 0.25) is 5.02 Å². The van der Waals surface area contributed by atoms with Gasteiger partial charge in [-0.1, -0.05) is 11.6 Å². The molecule has 16 heavy (non-hydrogen) atoms. The van der Waals surface area contributed by atoms with Gasteiger partial charge in [-0.25, -0.2) is 4.79 Å². The van der Waals surface area contributed by atoms with Crippen LogP contribution in [0.25, 0.3) is 0 Å². The number of alkyl halides is 2. The monoisotopic (exact) mass is 249 g/mol. The maximum Gasteiger partial charge on any atom is 0.337 e. The second-order valence-corrected chi connectivity index (χ2v) is 3.22. The Morgan fingerprint density at radius 1 is 1.38 bits per heavy atom. The number of carbonyl (C=O) groups excluding carboxylic acids is 1. The SMILES string of the molecule is O=C(O)c1ccc(Cl)cc1NC(=O)C(F)F. The lowest BCUT2D eigenvalue weighted by Crippen LogP contribution is -2.21. The Morgan fingerprint density at radius 2 is 2.00 bits per heavy atom. The van der Waals surface area contributed by atoms with Gasteiger partial charge in [-0.3, -0.25) is 4.79 Å². The Hall–Kier alpha value is -1.69. The number of amides is 1. The van der Waals surface area contributed by atoms with Crippen LogP contribution >= 0.6 is 11.6 Å². The molecular formula is C9H6ClF2NO3. The Bertz CT molecular complexity index is 437. The Kier molecular flexibility index (Phi) is 3.78. The number of aromatic carboxylic acids is 1. The highest BCUT2D eigenvalue weighted by Crippen LogP contribution is 2.21. The van der Waals surface area contributed by atoms with Crippen LogP contribution in [0.15, 0.2) is 18.2 Å². The average molecular weight is 250 g/mol. The van der Waals surface area contributed by atoms with Crippen LogP contribution < -0.4 is 5.32 Å². The topological polar surface area (TPSA) is 66.4 Å². The largest absolute Gasteiger partial charge is 0.478 e. The van der Waals surface area contributed by atoms with E-state index in [0.29, 0.717) is 0 Å². The van der Waals surface area contributed by atoms with E-state index < -0.39 is 18.3 Å². The smallest absolute Gasteiger partial charge is 0.337 e. The molecule has 0 aliphatic rings. The van der Waals surface area contributed by atoms with Crippen molar-refractivity contribution in [2.75, 3.05) is 5.32 Å². The summed E-state index contributed by atoms with van der Waals surface area (Å²) in [6.45, 7) is 0. The first-order valence-electron chi connectivity index (χ1n) is 4.03. The van der Waals surface area contributed by atoms with Gasteiger partial charge in [0, 0.05) is 5.02 Å². The number of nitrogens with one attached hydrogen (secondary N) is 1. The van der Waals surface area contributed by atoms with E-state index in [1.54, 1.807) is 5.32 Å². The fourth-order valence-electron chi connectivity index (χ4n) is 0.994. The molecule has 0 saturated carbocycles. The van der Waals surface area contributed by atoms with Gasteiger partial charge in [-0.15, -0.1) is 0 Å². The van der Waals surface area contributed by atoms with Crippen LogP contribution in [0, 0.1) is 0 Å². The predicted octanol–water partition coefficient (Wildman–Crippen LogP) is 2.24. The first-order valence-corrected chi connectivity index (χ1v) is 4.41. The van der Waals surface area contributed by atoms with E-state index >= 15 is 0 Å². The summed E-state index contributed by atoms with van der Waals surface area (Å²) in [6.07, 6.45) is -3.22. The van der Waals surface area contributed by atoms with Gasteiger partial charge < -0.3 is 10.4 Å². The van der Waals surface area contributed by atoms with E-state index in [2.05, 4.69) is 0 Å². The standard InChI is InChI=1S/C9H6ClF2NO3/c10-4-1-2-5(9(15)16)6(3-4)13-8(14)7(11)12/h1-3,7H,(H,13,14)(H,15,16). The number of carbonyl (C=O) groups is 2. The van der Waals surface area contributed by atoms with Gasteiger partial charge in [0.05, 0.1) is 11.3 Å². The first-order chi connectivity index (χ1) is 7.41. The number of carboxylic acid groups (broad SMARTS) is 1. The molecule has 1 aromatic carbocycles. The van der Waals surface area contributed by atoms with Crippen molar-refractivity contribution in [3.63, 3.8) is 0 Å². The van der Waals surface area contributed by atoms with Crippen LogP contribution in [0.4, 0.5) is 14.5 Å². The maximum absolute atomic E-state index is 12.0. The lowest BCUT2D eigenvalue weighted by molar-refractivity contribution is -0.126. The molecule has 0 atom stereocenters. The molecule has 0 saturated heterocycles. The number of rotatable bonds is 3. The molecule has 7 heteroatoms. The highest BCUT2D eigenvalue weighted by Gasteiger charge is 2.18. The minimum atomic E-state index is -3.22. The molecule has 1 amide bonds. The van der Waals surface area contributed by atoms with E-state index in [4.69, 9.17) is 16.7 Å². The molecule has 0 bridgehead atoms. The van der Waals surface area contributed by atoms with Crippen molar-refractivity contribution in [3.05, 3.63) is 28.8 Å². The van der Waals surface area contributed by atoms with Crippen molar-refractivity contribution in [1.82, 2.24) is 0 Å². The molecule has 0 unspecified atom stereocenters. The van der Waals surface area contributed by atoms with Gasteiger partial charge in [0.2, 0.25) is 0 Å². The number of hydrogen-bond acceptors (Lipinski definition) is 2. The summed E-state index contributed by atoms with van der Waals surface area (Å²) in [4.78, 5) is 21.4. The second kappa shape index (κ2) is 4.89. The molecule has 2 N–H and O–H groups in total. The number of anilines is 1. The molecule has 0 spiro atoms. The summed E-state index contributed by atoms with van der Waals surface area (Å²) in [6, 6.07) is 3.49. The maximum atomic E-state index is 12.0. The summed E-state index contributed by atoms with van der Waals surface area (Å²) in [7, 11) is 0. The summed E-state index contributed by atoms with van der Waals surface area (Å²) in [5, 5.41) is 10.6. The summed E-state index contributed by atoms with van der Waals surface area (Å²) in [5.74, 6) is -2.93. The molecule has 4 nitrogen and oxygen atoms in total. The highest BCUT2D eigenvalue weighted by atomic mass is 35.5. The van der Waals surface area contributed by atoms with Gasteiger partial charge >= 0.3 is 12.4 Å². The molecule has 0 fully saturated rings. The van der Waals surface area contributed by atoms with Crippen LogP contribution in [0.1, 0.15) is 10.4 Å². The average Bonchev–Trinajstić information content (AvgIpc) is 2.16. The molecule has 1 rings (SSSR count). The zero-order chi connectivity index (χ0) is 12.3. The predicted molar refractivity (Wildman–Crippen MR) is 53.0 cm³/mol. The van der Waals surface area contributed by atoms with Crippen molar-refractivity contribution in [3.8, 4) is 0 Å². The summed E-state index contributed by atoms with van der Waals surface area (Å²) in [5.41, 5.74) is -0.566. The second-order valence-electron chi connectivity index (χ2n) is 2.79. The van der Waals surface area contributed by atoms with Crippen LogP contribution in [-0.4, -0.2) is 23.4 Å². The Morgan fingerprint density at radius 3 is 2.50 bits per heavy atom. The van der Waals surface area contributed by atoms with Gasteiger partial charge in [0.25, 0.3) is 5.91 Å². The summed E-state index contributed by atoms with van der Waals surface area (Å²) >= 11 is 5.55. The molecule has 0 aliphatic carbocycles. The normalized spacial score (nSPS) is 10.2. The number of carboxylic acids is 1. The Labute approximate surface area is 93.8 Å². The Balaban J connectivity index is 3.06. The molecule has 1 aromatic rings. The number of hydrogen-bond donors (Lipinski definition) is 2. The quantitative estimate of drug-likeness (QED) is 0.863. The third kappa shape index (κ3) is 2.90. The van der Waals surface area contributed by atoms with Crippen molar-refractivity contribution < 1.29 is 23.5 Å². The van der Waals surface area contributed by atoms with E-state index in [-0.39, 0.29) is 16.3 Å². The van der Waals surface area contributed by atoms with Gasteiger partial charge in [-0.05, 0) is 18.2 Å². The summed E-state index contributed by atoms with van der Waals surface area (Å²) < 4.78 is 23.9. The van der Waals surface area contributed by atoms with Gasteiger partial charge in [0.15, 0.2) is 0 Å². The molecular weight excluding hydrogens is 244 g/mol. The molecule has 0 heterocycles.